The summed E-state index contributed by atoms with van der Waals surface area (Å²) in [5.41, 5.74) is 1.16. The zero-order valence-electron chi connectivity index (χ0n) is 13.5. The summed E-state index contributed by atoms with van der Waals surface area (Å²) in [6.45, 7) is 4.66. The van der Waals surface area contributed by atoms with Crippen molar-refractivity contribution in [1.82, 2.24) is 5.32 Å². The molecule has 2 rings (SSSR count). The fourth-order valence-corrected chi connectivity index (χ4v) is 2.86. The lowest BCUT2D eigenvalue weighted by Crippen LogP contribution is -2.35. The molecule has 4 nitrogen and oxygen atoms in total. The highest BCUT2D eigenvalue weighted by atomic mass is 16.5. The van der Waals surface area contributed by atoms with E-state index in [1.807, 2.05) is 32.0 Å². The van der Waals surface area contributed by atoms with Crippen LogP contribution in [0, 0.1) is 5.92 Å². The van der Waals surface area contributed by atoms with Crippen molar-refractivity contribution in [2.24, 2.45) is 5.92 Å². The maximum Gasteiger partial charge on any atom is 0.223 e. The number of benzene rings is 1. The lowest BCUT2D eigenvalue weighted by molar-refractivity contribution is -0.126. The highest BCUT2D eigenvalue weighted by Crippen LogP contribution is 2.24. The number of ether oxygens (including phenoxy) is 1. The van der Waals surface area contributed by atoms with Gasteiger partial charge in [-0.05, 0) is 63.6 Å². The third-order valence-corrected chi connectivity index (χ3v) is 4.05. The molecule has 0 saturated heterocycles. The van der Waals surface area contributed by atoms with Gasteiger partial charge in [0, 0.05) is 12.5 Å². The number of amides is 1. The molecule has 0 aromatic heterocycles. The summed E-state index contributed by atoms with van der Waals surface area (Å²) in [5, 5.41) is 12.5. The van der Waals surface area contributed by atoms with Crippen molar-refractivity contribution in [2.45, 2.75) is 58.2 Å². The van der Waals surface area contributed by atoms with Crippen molar-refractivity contribution in [3.05, 3.63) is 29.8 Å². The molecule has 0 heterocycles. The number of carbonyl (C=O) groups is 1. The lowest BCUT2D eigenvalue weighted by atomic mass is 9.87. The Bertz CT molecular complexity index is 479. The van der Waals surface area contributed by atoms with Crippen molar-refractivity contribution in [2.75, 3.05) is 6.54 Å². The highest BCUT2D eigenvalue weighted by Gasteiger charge is 2.24. The van der Waals surface area contributed by atoms with E-state index in [9.17, 15) is 9.90 Å². The quantitative estimate of drug-likeness (QED) is 0.849. The topological polar surface area (TPSA) is 58.6 Å². The normalized spacial score (nSPS) is 21.6. The first-order valence-electron chi connectivity index (χ1n) is 8.26. The third kappa shape index (κ3) is 5.34. The summed E-state index contributed by atoms with van der Waals surface area (Å²) in [6.07, 6.45) is 3.83. The van der Waals surface area contributed by atoms with E-state index in [1.54, 1.807) is 0 Å². The van der Waals surface area contributed by atoms with Gasteiger partial charge in [0.2, 0.25) is 5.91 Å². The molecule has 1 aliphatic rings. The number of hydrogen-bond acceptors (Lipinski definition) is 3. The van der Waals surface area contributed by atoms with Crippen molar-refractivity contribution < 1.29 is 14.6 Å². The summed E-state index contributed by atoms with van der Waals surface area (Å²) in [6, 6.07) is 8.02. The van der Waals surface area contributed by atoms with Gasteiger partial charge in [-0.2, -0.15) is 0 Å². The molecular weight excluding hydrogens is 278 g/mol. The number of aliphatic hydroxyl groups is 1. The Balaban J connectivity index is 1.75. The van der Waals surface area contributed by atoms with Gasteiger partial charge in [0.25, 0.3) is 0 Å². The number of nitrogens with one attached hydrogen (secondary N) is 1. The van der Waals surface area contributed by atoms with Gasteiger partial charge in [0.15, 0.2) is 0 Å². The minimum Gasteiger partial charge on any atom is -0.491 e. The molecule has 4 heteroatoms. The van der Waals surface area contributed by atoms with Crippen LogP contribution in [0.2, 0.25) is 0 Å². The van der Waals surface area contributed by atoms with Crippen molar-refractivity contribution in [1.29, 1.82) is 0 Å². The van der Waals surface area contributed by atoms with E-state index in [4.69, 9.17) is 4.74 Å². The standard InChI is InChI=1S/C18H27NO3/c1-13(2)22-17-5-3-4-14(12-17)10-11-19-18(21)15-6-8-16(20)9-7-15/h3-5,12-13,15-16,20H,6-11H2,1-2H3,(H,19,21). The number of aliphatic hydroxyl groups excluding tert-OH is 1. The van der Waals surface area contributed by atoms with Crippen LogP contribution in [0.3, 0.4) is 0 Å². The minimum absolute atomic E-state index is 0.0685. The zero-order chi connectivity index (χ0) is 15.9. The molecule has 122 valence electrons. The smallest absolute Gasteiger partial charge is 0.223 e. The zero-order valence-corrected chi connectivity index (χ0v) is 13.5. The minimum atomic E-state index is -0.215. The number of carbonyl (C=O) groups excluding carboxylic acids is 1. The molecular formula is C18H27NO3. The molecule has 1 amide bonds. The molecule has 1 aromatic carbocycles. The van der Waals surface area contributed by atoms with Gasteiger partial charge in [0.1, 0.15) is 5.75 Å². The number of rotatable bonds is 6. The molecule has 0 atom stereocenters. The van der Waals surface area contributed by atoms with Crippen LogP contribution in [-0.2, 0) is 11.2 Å². The van der Waals surface area contributed by atoms with E-state index in [0.29, 0.717) is 6.54 Å². The van der Waals surface area contributed by atoms with Crippen LogP contribution in [-0.4, -0.2) is 29.8 Å². The van der Waals surface area contributed by atoms with Crippen molar-refractivity contribution in [3.8, 4) is 5.75 Å². The van der Waals surface area contributed by atoms with Gasteiger partial charge in [0.05, 0.1) is 12.2 Å². The monoisotopic (exact) mass is 305 g/mol. The molecule has 22 heavy (non-hydrogen) atoms. The SMILES string of the molecule is CC(C)Oc1cccc(CCNC(=O)C2CCC(O)CC2)c1. The van der Waals surface area contributed by atoms with E-state index >= 15 is 0 Å². The van der Waals surface area contributed by atoms with Gasteiger partial charge in [-0.1, -0.05) is 12.1 Å². The molecule has 0 spiro atoms. The lowest BCUT2D eigenvalue weighted by Gasteiger charge is -2.24. The van der Waals surface area contributed by atoms with E-state index in [2.05, 4.69) is 11.4 Å². The molecule has 0 radical (unpaired) electrons. The summed E-state index contributed by atoms with van der Waals surface area (Å²) < 4.78 is 5.68. The van der Waals surface area contributed by atoms with Gasteiger partial charge < -0.3 is 15.2 Å². The average molecular weight is 305 g/mol. The molecule has 0 aliphatic heterocycles. The Hall–Kier alpha value is -1.55. The molecule has 1 aromatic rings. The van der Waals surface area contributed by atoms with Crippen LogP contribution in [0.4, 0.5) is 0 Å². The maximum atomic E-state index is 12.1. The molecule has 1 saturated carbocycles. The summed E-state index contributed by atoms with van der Waals surface area (Å²) in [5.74, 6) is 1.07. The molecule has 1 aliphatic carbocycles. The molecule has 2 N–H and O–H groups in total. The molecule has 1 fully saturated rings. The van der Waals surface area contributed by atoms with E-state index in [-0.39, 0.29) is 24.0 Å². The van der Waals surface area contributed by atoms with Crippen LogP contribution < -0.4 is 10.1 Å². The Morgan fingerprint density at radius 3 is 2.73 bits per heavy atom. The van der Waals surface area contributed by atoms with Crippen LogP contribution >= 0.6 is 0 Å². The summed E-state index contributed by atoms with van der Waals surface area (Å²) in [4.78, 5) is 12.1. The van der Waals surface area contributed by atoms with Gasteiger partial charge in [-0.15, -0.1) is 0 Å². The molecule has 0 unspecified atom stereocenters. The maximum absolute atomic E-state index is 12.1. The van der Waals surface area contributed by atoms with Crippen LogP contribution in [0.15, 0.2) is 24.3 Å². The average Bonchev–Trinajstić information content (AvgIpc) is 2.47. The fourth-order valence-electron chi connectivity index (χ4n) is 2.86. The summed E-state index contributed by atoms with van der Waals surface area (Å²) >= 11 is 0. The Kier molecular flexibility index (Phi) is 6.25. The van der Waals surface area contributed by atoms with Crippen LogP contribution in [0.1, 0.15) is 45.1 Å². The van der Waals surface area contributed by atoms with Crippen molar-refractivity contribution in [3.63, 3.8) is 0 Å². The predicted octanol–water partition coefficient (Wildman–Crippen LogP) is 2.68. The fraction of sp³-hybridized carbons (Fsp3) is 0.611. The molecule has 0 bridgehead atoms. The predicted molar refractivity (Wildman–Crippen MR) is 86.9 cm³/mol. The third-order valence-electron chi connectivity index (χ3n) is 4.05. The largest absolute Gasteiger partial charge is 0.491 e. The first-order valence-corrected chi connectivity index (χ1v) is 8.26. The summed E-state index contributed by atoms with van der Waals surface area (Å²) in [7, 11) is 0. The van der Waals surface area contributed by atoms with E-state index < -0.39 is 0 Å². The van der Waals surface area contributed by atoms with Crippen LogP contribution in [0.25, 0.3) is 0 Å². The van der Waals surface area contributed by atoms with Gasteiger partial charge in [-0.3, -0.25) is 4.79 Å². The highest BCUT2D eigenvalue weighted by molar-refractivity contribution is 5.78. The second kappa shape index (κ2) is 8.18. The number of hydrogen-bond donors (Lipinski definition) is 2. The second-order valence-corrected chi connectivity index (χ2v) is 6.36. The second-order valence-electron chi connectivity index (χ2n) is 6.36. The van der Waals surface area contributed by atoms with Crippen molar-refractivity contribution >= 4 is 5.91 Å². The van der Waals surface area contributed by atoms with Gasteiger partial charge >= 0.3 is 0 Å². The first kappa shape index (κ1) is 16.8. The van der Waals surface area contributed by atoms with E-state index in [0.717, 1.165) is 43.4 Å². The van der Waals surface area contributed by atoms with E-state index in [1.165, 1.54) is 0 Å². The van der Waals surface area contributed by atoms with Gasteiger partial charge in [-0.25, -0.2) is 0 Å². The first-order chi connectivity index (χ1) is 10.5. The Morgan fingerprint density at radius 1 is 1.32 bits per heavy atom. The Morgan fingerprint density at radius 2 is 2.05 bits per heavy atom. The Labute approximate surface area is 132 Å². The van der Waals surface area contributed by atoms with Crippen LogP contribution in [0.5, 0.6) is 5.75 Å².